The number of aliphatic hydroxyl groups is 1. The number of pyridine rings is 1. The molecule has 1 aliphatic rings. The van der Waals surface area contributed by atoms with Gasteiger partial charge in [0, 0.05) is 30.4 Å². The highest BCUT2D eigenvalue weighted by atomic mass is 16.3. The van der Waals surface area contributed by atoms with Gasteiger partial charge >= 0.3 is 0 Å². The molecule has 3 heteroatoms. The van der Waals surface area contributed by atoms with Crippen LogP contribution in [0, 0.1) is 12.3 Å². The van der Waals surface area contributed by atoms with Crippen molar-refractivity contribution in [2.75, 3.05) is 0 Å². The van der Waals surface area contributed by atoms with Gasteiger partial charge in [-0.25, -0.2) is 0 Å². The first-order chi connectivity index (χ1) is 7.51. The molecule has 1 saturated carbocycles. The Balaban J connectivity index is 1.92. The van der Waals surface area contributed by atoms with Crippen molar-refractivity contribution in [3.63, 3.8) is 0 Å². The molecule has 1 heterocycles. The maximum absolute atomic E-state index is 9.65. The Morgan fingerprint density at radius 2 is 2.31 bits per heavy atom. The van der Waals surface area contributed by atoms with Crippen molar-refractivity contribution in [2.45, 2.75) is 45.9 Å². The minimum atomic E-state index is -0.167. The molecule has 0 radical (unpaired) electrons. The summed E-state index contributed by atoms with van der Waals surface area (Å²) in [7, 11) is 0. The first-order valence-corrected chi connectivity index (χ1v) is 5.82. The summed E-state index contributed by atoms with van der Waals surface area (Å²) in [5, 5.41) is 13.1. The van der Waals surface area contributed by atoms with E-state index in [9.17, 15) is 5.11 Å². The third-order valence-corrected chi connectivity index (χ3v) is 3.90. The summed E-state index contributed by atoms with van der Waals surface area (Å²) >= 11 is 0. The van der Waals surface area contributed by atoms with Gasteiger partial charge in [-0.15, -0.1) is 0 Å². The van der Waals surface area contributed by atoms with E-state index < -0.39 is 0 Å². The Labute approximate surface area is 96.9 Å². The number of nitrogens with one attached hydrogen (secondary N) is 1. The van der Waals surface area contributed by atoms with Crippen molar-refractivity contribution in [3.05, 3.63) is 29.6 Å². The maximum atomic E-state index is 9.65. The molecule has 0 saturated heterocycles. The van der Waals surface area contributed by atoms with E-state index in [0.717, 1.165) is 13.0 Å². The lowest BCUT2D eigenvalue weighted by molar-refractivity contribution is -0.0730. The second-order valence-electron chi connectivity index (χ2n) is 5.31. The average Bonchev–Trinajstić information content (AvgIpc) is 2.26. The molecule has 0 aromatic carbocycles. The molecule has 0 bridgehead atoms. The molecule has 3 nitrogen and oxygen atoms in total. The summed E-state index contributed by atoms with van der Waals surface area (Å²) in [5.74, 6) is 0. The number of hydrogen-bond donors (Lipinski definition) is 2. The molecule has 0 spiro atoms. The predicted molar refractivity (Wildman–Crippen MR) is 64.0 cm³/mol. The Bertz CT molecular complexity index is 376. The van der Waals surface area contributed by atoms with Gasteiger partial charge in [0.05, 0.1) is 6.10 Å². The molecule has 2 unspecified atom stereocenters. The van der Waals surface area contributed by atoms with Gasteiger partial charge < -0.3 is 10.4 Å². The Morgan fingerprint density at radius 1 is 1.56 bits per heavy atom. The standard InChI is InChI=1S/C13H20N2O/c1-9-4-5-14-7-10(9)8-15-11-6-12(16)13(11,2)3/h4-5,7,11-12,15-16H,6,8H2,1-3H3. The van der Waals surface area contributed by atoms with Crippen LogP contribution in [0.25, 0.3) is 0 Å². The van der Waals surface area contributed by atoms with Gasteiger partial charge in [0.25, 0.3) is 0 Å². The third-order valence-electron chi connectivity index (χ3n) is 3.90. The molecule has 2 atom stereocenters. The van der Waals surface area contributed by atoms with Gasteiger partial charge in [0.2, 0.25) is 0 Å². The van der Waals surface area contributed by atoms with Crippen LogP contribution in [0.4, 0.5) is 0 Å². The lowest BCUT2D eigenvalue weighted by atomic mass is 9.64. The lowest BCUT2D eigenvalue weighted by Crippen LogP contribution is -2.59. The minimum absolute atomic E-state index is 0.00386. The van der Waals surface area contributed by atoms with Crippen molar-refractivity contribution in [1.29, 1.82) is 0 Å². The van der Waals surface area contributed by atoms with Crippen LogP contribution >= 0.6 is 0 Å². The Kier molecular flexibility index (Phi) is 3.00. The summed E-state index contributed by atoms with van der Waals surface area (Å²) in [4.78, 5) is 4.13. The van der Waals surface area contributed by atoms with E-state index in [1.54, 1.807) is 0 Å². The van der Waals surface area contributed by atoms with E-state index in [0.29, 0.717) is 6.04 Å². The molecule has 1 fully saturated rings. The third kappa shape index (κ3) is 1.97. The molecule has 2 N–H and O–H groups in total. The molecular formula is C13H20N2O. The van der Waals surface area contributed by atoms with E-state index in [4.69, 9.17) is 0 Å². The predicted octanol–water partition coefficient (Wildman–Crippen LogP) is 1.64. The zero-order chi connectivity index (χ0) is 11.8. The van der Waals surface area contributed by atoms with Crippen LogP contribution in [0.3, 0.4) is 0 Å². The largest absolute Gasteiger partial charge is 0.392 e. The van der Waals surface area contributed by atoms with Crippen LogP contribution in [0.15, 0.2) is 18.5 Å². The van der Waals surface area contributed by atoms with Crippen molar-refractivity contribution >= 4 is 0 Å². The zero-order valence-electron chi connectivity index (χ0n) is 10.2. The second kappa shape index (κ2) is 4.15. The highest BCUT2D eigenvalue weighted by Gasteiger charge is 2.46. The summed E-state index contributed by atoms with van der Waals surface area (Å²) < 4.78 is 0. The number of aromatic nitrogens is 1. The van der Waals surface area contributed by atoms with Crippen molar-refractivity contribution in [1.82, 2.24) is 10.3 Å². The fraction of sp³-hybridized carbons (Fsp3) is 0.615. The lowest BCUT2D eigenvalue weighted by Gasteiger charge is -2.49. The first kappa shape index (κ1) is 11.6. The number of hydrogen-bond acceptors (Lipinski definition) is 3. The van der Waals surface area contributed by atoms with E-state index >= 15 is 0 Å². The fourth-order valence-corrected chi connectivity index (χ4v) is 2.16. The van der Waals surface area contributed by atoms with Crippen LogP contribution in [-0.2, 0) is 6.54 Å². The second-order valence-corrected chi connectivity index (χ2v) is 5.31. The molecule has 88 valence electrons. The van der Waals surface area contributed by atoms with Crippen LogP contribution in [0.1, 0.15) is 31.4 Å². The van der Waals surface area contributed by atoms with E-state index in [1.165, 1.54) is 11.1 Å². The summed E-state index contributed by atoms with van der Waals surface area (Å²) in [6, 6.07) is 2.43. The van der Waals surface area contributed by atoms with E-state index in [2.05, 4.69) is 31.1 Å². The minimum Gasteiger partial charge on any atom is -0.392 e. The molecule has 16 heavy (non-hydrogen) atoms. The number of nitrogens with zero attached hydrogens (tertiary/aromatic N) is 1. The van der Waals surface area contributed by atoms with E-state index in [1.807, 2.05) is 18.5 Å². The van der Waals surface area contributed by atoms with Crippen molar-refractivity contribution < 1.29 is 5.11 Å². The van der Waals surface area contributed by atoms with Crippen LogP contribution < -0.4 is 5.32 Å². The number of aliphatic hydroxyl groups excluding tert-OH is 1. The molecule has 1 aromatic heterocycles. The average molecular weight is 220 g/mol. The van der Waals surface area contributed by atoms with E-state index in [-0.39, 0.29) is 11.5 Å². The zero-order valence-corrected chi connectivity index (χ0v) is 10.2. The first-order valence-electron chi connectivity index (χ1n) is 5.82. The van der Waals surface area contributed by atoms with Gasteiger partial charge in [-0.1, -0.05) is 13.8 Å². The number of rotatable bonds is 3. The Morgan fingerprint density at radius 3 is 2.88 bits per heavy atom. The molecular weight excluding hydrogens is 200 g/mol. The van der Waals surface area contributed by atoms with Gasteiger partial charge in [0.1, 0.15) is 0 Å². The maximum Gasteiger partial charge on any atom is 0.0621 e. The number of aryl methyl sites for hydroxylation is 1. The molecule has 1 aliphatic carbocycles. The highest BCUT2D eigenvalue weighted by Crippen LogP contribution is 2.40. The highest BCUT2D eigenvalue weighted by molar-refractivity contribution is 5.21. The van der Waals surface area contributed by atoms with Crippen LogP contribution in [0.5, 0.6) is 0 Å². The van der Waals surface area contributed by atoms with Crippen LogP contribution in [0.2, 0.25) is 0 Å². The van der Waals surface area contributed by atoms with Gasteiger partial charge in [-0.3, -0.25) is 4.98 Å². The summed E-state index contributed by atoms with van der Waals surface area (Å²) in [6.45, 7) is 7.14. The monoisotopic (exact) mass is 220 g/mol. The molecule has 0 amide bonds. The topological polar surface area (TPSA) is 45.2 Å². The van der Waals surface area contributed by atoms with Gasteiger partial charge in [0.15, 0.2) is 0 Å². The van der Waals surface area contributed by atoms with Crippen molar-refractivity contribution in [3.8, 4) is 0 Å². The van der Waals surface area contributed by atoms with Crippen LogP contribution in [-0.4, -0.2) is 22.2 Å². The van der Waals surface area contributed by atoms with Gasteiger partial charge in [-0.2, -0.15) is 0 Å². The summed E-state index contributed by atoms with van der Waals surface area (Å²) in [5.41, 5.74) is 2.50. The quantitative estimate of drug-likeness (QED) is 0.814. The van der Waals surface area contributed by atoms with Gasteiger partial charge in [-0.05, 0) is 30.5 Å². The SMILES string of the molecule is Cc1ccncc1CNC1CC(O)C1(C)C. The fourth-order valence-electron chi connectivity index (χ4n) is 2.16. The van der Waals surface area contributed by atoms with Crippen molar-refractivity contribution in [2.24, 2.45) is 5.41 Å². The Hall–Kier alpha value is -0.930. The summed E-state index contributed by atoms with van der Waals surface area (Å²) in [6.07, 6.45) is 4.41. The normalized spacial score (nSPS) is 27.5. The molecule has 0 aliphatic heterocycles. The smallest absolute Gasteiger partial charge is 0.0621 e. The molecule has 2 rings (SSSR count). The molecule has 1 aromatic rings.